The van der Waals surface area contributed by atoms with Crippen molar-refractivity contribution in [3.8, 4) is 34.3 Å². The maximum absolute atomic E-state index is 10.6. The van der Waals surface area contributed by atoms with Gasteiger partial charge in [-0.1, -0.05) is 95.6 Å². The molecule has 0 unspecified atom stereocenters. The summed E-state index contributed by atoms with van der Waals surface area (Å²) in [5.41, 5.74) is 5.40. The molecule has 3 heterocycles. The summed E-state index contributed by atoms with van der Waals surface area (Å²) in [5, 5.41) is 12.7. The Morgan fingerprint density at radius 2 is 1.48 bits per heavy atom. The quantitative estimate of drug-likeness (QED) is 0.184. The number of fused-ring (bicyclic) bond motifs is 3. The summed E-state index contributed by atoms with van der Waals surface area (Å²) in [4.78, 5) is 9.77. The minimum atomic E-state index is -0.139. The number of hydrogen-bond acceptors (Lipinski definition) is 4. The molecule has 0 bridgehead atoms. The molecule has 5 nitrogen and oxygen atoms in total. The Hall–Kier alpha value is -3.95. The molecule has 0 fully saturated rings. The average molecular weight is 736 g/mol. The number of pyridine rings is 2. The molecule has 0 saturated heterocycles. The van der Waals surface area contributed by atoms with E-state index in [1.54, 1.807) is 6.07 Å². The van der Waals surface area contributed by atoms with E-state index in [4.69, 9.17) is 14.7 Å². The number of hydrogen-bond donors (Lipinski definition) is 1. The van der Waals surface area contributed by atoms with E-state index in [-0.39, 0.29) is 37.6 Å². The molecule has 0 radical (unpaired) electrons. The Bertz CT molecular complexity index is 1910. The van der Waals surface area contributed by atoms with E-state index in [0.717, 1.165) is 38.9 Å². The monoisotopic (exact) mass is 735 g/mol. The zero-order valence-electron chi connectivity index (χ0n) is 24.7. The predicted molar refractivity (Wildman–Crippen MR) is 166 cm³/mol. The predicted octanol–water partition coefficient (Wildman–Crippen LogP) is 9.13. The molecule has 1 N–H and O–H groups in total. The van der Waals surface area contributed by atoms with Crippen molar-refractivity contribution in [3.63, 3.8) is 0 Å². The van der Waals surface area contributed by atoms with E-state index >= 15 is 0 Å². The molecule has 3 aromatic carbocycles. The zero-order valence-corrected chi connectivity index (χ0v) is 26.9. The van der Waals surface area contributed by atoms with E-state index in [9.17, 15) is 5.11 Å². The van der Waals surface area contributed by atoms with Crippen molar-refractivity contribution in [3.05, 3.63) is 108 Å². The summed E-state index contributed by atoms with van der Waals surface area (Å²) >= 11 is 0. The van der Waals surface area contributed by atoms with Crippen LogP contribution in [0.2, 0.25) is 0 Å². The van der Waals surface area contributed by atoms with Crippen LogP contribution in [0.25, 0.3) is 38.9 Å². The summed E-state index contributed by atoms with van der Waals surface area (Å²) in [6, 6.07) is 31.2. The molecule has 6 aromatic rings. The van der Waals surface area contributed by atoms with Crippen molar-refractivity contribution in [2.45, 2.75) is 52.4 Å². The second kappa shape index (κ2) is 11.0. The third-order valence-electron chi connectivity index (χ3n) is 7.46. The molecule has 0 aliphatic carbocycles. The standard InChI is InChI=1S/C36H34N3O2.Pt/c1-35(2,3)24-17-18-37-32(22-24)39-30-13-9-7-12-28(30)29-15-16-33(38-34(29)39)41-26-20-23(19-25(21-26)36(4,5)6)27-11-8-10-14-31(27)40;/h7-19,21-22,40H,1-6H3;/q-1;. The Morgan fingerprint density at radius 1 is 0.762 bits per heavy atom. The minimum Gasteiger partial charge on any atom is -0.517 e. The van der Waals surface area contributed by atoms with E-state index in [1.807, 2.05) is 48.7 Å². The number of ether oxygens (including phenoxy) is 1. The smallest absolute Gasteiger partial charge is 0.219 e. The van der Waals surface area contributed by atoms with E-state index in [2.05, 4.69) is 88.6 Å². The van der Waals surface area contributed by atoms with E-state index in [1.165, 1.54) is 5.56 Å². The van der Waals surface area contributed by atoms with Crippen molar-refractivity contribution in [2.75, 3.05) is 0 Å². The molecular formula is C36H34N3O2Pt-. The van der Waals surface area contributed by atoms with Gasteiger partial charge in [0.2, 0.25) is 5.88 Å². The molecule has 0 spiro atoms. The largest absolute Gasteiger partial charge is 0.517 e. The van der Waals surface area contributed by atoms with Gasteiger partial charge < -0.3 is 9.84 Å². The van der Waals surface area contributed by atoms with Crippen LogP contribution < -0.4 is 4.74 Å². The Morgan fingerprint density at radius 3 is 2.21 bits per heavy atom. The Kier molecular flexibility index (Phi) is 7.76. The second-order valence-corrected chi connectivity index (χ2v) is 12.5. The number of benzene rings is 3. The van der Waals surface area contributed by atoms with Crippen molar-refractivity contribution in [2.24, 2.45) is 0 Å². The first-order valence-electron chi connectivity index (χ1n) is 13.9. The number of phenolic OH excluding ortho intramolecular Hbond substituents is 1. The first kappa shape index (κ1) is 29.5. The van der Waals surface area contributed by atoms with Crippen LogP contribution in [0.1, 0.15) is 52.7 Å². The first-order valence-corrected chi connectivity index (χ1v) is 13.9. The van der Waals surface area contributed by atoms with Crippen LogP contribution in [0.5, 0.6) is 17.4 Å². The molecule has 0 aliphatic rings. The molecule has 0 saturated carbocycles. The number of para-hydroxylation sites is 2. The average Bonchev–Trinajstić information content (AvgIpc) is 3.26. The SMILES string of the molecule is CC(C)(C)c1cc(Oc2ccc3c4ccccc4n(-c4cc(C(C)(C)C)ccn4)c3n2)[c-]c(-c2ccccc2O)c1.[Pt]. The fourth-order valence-corrected chi connectivity index (χ4v) is 5.11. The van der Waals surface area contributed by atoms with Crippen LogP contribution >= 0.6 is 0 Å². The van der Waals surface area contributed by atoms with Crippen LogP contribution in [0.15, 0.2) is 91.1 Å². The summed E-state index contributed by atoms with van der Waals surface area (Å²) in [6.07, 6.45) is 1.87. The topological polar surface area (TPSA) is 60.2 Å². The van der Waals surface area contributed by atoms with Gasteiger partial charge in [0.1, 0.15) is 5.82 Å². The van der Waals surface area contributed by atoms with Crippen LogP contribution in [0.4, 0.5) is 0 Å². The summed E-state index contributed by atoms with van der Waals surface area (Å²) in [5.74, 6) is 2.02. The van der Waals surface area contributed by atoms with Crippen molar-refractivity contribution >= 4 is 21.9 Å². The fourth-order valence-electron chi connectivity index (χ4n) is 5.11. The van der Waals surface area contributed by atoms with Crippen molar-refractivity contribution in [1.29, 1.82) is 0 Å². The second-order valence-electron chi connectivity index (χ2n) is 12.5. The van der Waals surface area contributed by atoms with Gasteiger partial charge in [0.05, 0.1) is 11.3 Å². The maximum Gasteiger partial charge on any atom is 0.219 e. The van der Waals surface area contributed by atoms with Gasteiger partial charge in [-0.05, 0) is 46.7 Å². The van der Waals surface area contributed by atoms with Gasteiger partial charge >= 0.3 is 0 Å². The zero-order chi connectivity index (χ0) is 28.9. The third-order valence-corrected chi connectivity index (χ3v) is 7.46. The van der Waals surface area contributed by atoms with Gasteiger partial charge in [0, 0.05) is 49.9 Å². The van der Waals surface area contributed by atoms with E-state index < -0.39 is 0 Å². The van der Waals surface area contributed by atoms with Crippen LogP contribution in [0.3, 0.4) is 0 Å². The molecule has 0 aliphatic heterocycles. The Balaban J connectivity index is 0.00000353. The Labute approximate surface area is 261 Å². The number of aromatic hydroxyl groups is 1. The van der Waals surface area contributed by atoms with Gasteiger partial charge in [0.25, 0.3) is 0 Å². The van der Waals surface area contributed by atoms with Gasteiger partial charge in [-0.25, -0.2) is 4.98 Å². The minimum absolute atomic E-state index is 0. The molecule has 6 rings (SSSR count). The number of aromatic nitrogens is 3. The van der Waals surface area contributed by atoms with Crippen LogP contribution in [0, 0.1) is 6.07 Å². The number of nitrogens with zero attached hydrogens (tertiary/aromatic N) is 3. The van der Waals surface area contributed by atoms with Gasteiger partial charge in [-0.3, -0.25) is 4.57 Å². The maximum atomic E-state index is 10.6. The molecular weight excluding hydrogens is 701 g/mol. The molecule has 6 heteroatoms. The molecule has 42 heavy (non-hydrogen) atoms. The molecule has 3 aromatic heterocycles. The molecule has 216 valence electrons. The van der Waals surface area contributed by atoms with Gasteiger partial charge in [-0.15, -0.1) is 17.2 Å². The summed E-state index contributed by atoms with van der Waals surface area (Å²) in [6.45, 7) is 13.1. The third kappa shape index (κ3) is 5.58. The molecule has 0 amide bonds. The molecule has 0 atom stereocenters. The summed E-state index contributed by atoms with van der Waals surface area (Å²) < 4.78 is 8.51. The van der Waals surface area contributed by atoms with Crippen molar-refractivity contribution < 1.29 is 30.9 Å². The van der Waals surface area contributed by atoms with Crippen LogP contribution in [-0.2, 0) is 31.9 Å². The number of phenols is 1. The van der Waals surface area contributed by atoms with Gasteiger partial charge in [0.15, 0.2) is 5.65 Å². The van der Waals surface area contributed by atoms with Crippen LogP contribution in [-0.4, -0.2) is 19.6 Å². The van der Waals surface area contributed by atoms with Crippen molar-refractivity contribution in [1.82, 2.24) is 14.5 Å². The number of rotatable bonds is 4. The summed E-state index contributed by atoms with van der Waals surface area (Å²) in [7, 11) is 0. The fraction of sp³-hybridized carbons (Fsp3) is 0.222. The van der Waals surface area contributed by atoms with Gasteiger partial charge in [-0.2, -0.15) is 4.98 Å². The van der Waals surface area contributed by atoms with E-state index in [0.29, 0.717) is 17.2 Å². The first-order chi connectivity index (χ1) is 19.5. The normalized spacial score (nSPS) is 12.0.